The fraction of sp³-hybridized carbons (Fsp3) is 0.700. The molecule has 0 saturated carbocycles. The summed E-state index contributed by atoms with van der Waals surface area (Å²) < 4.78 is 27.4. The summed E-state index contributed by atoms with van der Waals surface area (Å²) in [5.41, 5.74) is 0. The van der Waals surface area contributed by atoms with Gasteiger partial charge >= 0.3 is 0 Å². The van der Waals surface area contributed by atoms with Crippen LogP contribution in [0.25, 0.3) is 0 Å². The number of aryl methyl sites for hydroxylation is 1. The van der Waals surface area contributed by atoms with Crippen LogP contribution in [0.15, 0.2) is 17.6 Å². The predicted octanol–water partition coefficient (Wildman–Crippen LogP) is -0.187. The van der Waals surface area contributed by atoms with Gasteiger partial charge < -0.3 is 9.67 Å². The van der Waals surface area contributed by atoms with E-state index in [4.69, 9.17) is 5.11 Å². The van der Waals surface area contributed by atoms with E-state index in [1.807, 2.05) is 0 Å². The summed E-state index contributed by atoms with van der Waals surface area (Å²) in [6.07, 6.45) is 4.41. The first-order valence-corrected chi connectivity index (χ1v) is 7.07. The van der Waals surface area contributed by atoms with Gasteiger partial charge in [0.2, 0.25) is 0 Å². The Balaban J connectivity index is 2.12. The van der Waals surface area contributed by atoms with Crippen LogP contribution in [0.1, 0.15) is 12.8 Å². The first-order chi connectivity index (χ1) is 8.04. The molecular weight excluding hydrogens is 242 g/mol. The van der Waals surface area contributed by atoms with Gasteiger partial charge in [-0.1, -0.05) is 0 Å². The van der Waals surface area contributed by atoms with Gasteiger partial charge in [-0.05, 0) is 18.8 Å². The number of hydrogen-bond donors (Lipinski definition) is 1. The summed E-state index contributed by atoms with van der Waals surface area (Å²) in [5, 5.41) is 9.12. The van der Waals surface area contributed by atoms with E-state index in [1.165, 1.54) is 16.8 Å². The standard InChI is InChI=1S/C10H17N3O3S/c1-12-6-10(11-8-12)17(15,16)13-4-2-9(7-14)3-5-13/h6,8-9,14H,2-5,7H2,1H3. The van der Waals surface area contributed by atoms with E-state index in [2.05, 4.69) is 4.98 Å². The highest BCUT2D eigenvalue weighted by molar-refractivity contribution is 7.89. The molecule has 2 heterocycles. The normalized spacial score (nSPS) is 19.6. The molecule has 2 rings (SSSR count). The molecule has 1 aliphatic rings. The van der Waals surface area contributed by atoms with E-state index in [1.54, 1.807) is 11.6 Å². The number of aromatic nitrogens is 2. The van der Waals surface area contributed by atoms with E-state index in [9.17, 15) is 8.42 Å². The minimum absolute atomic E-state index is 0.0995. The summed E-state index contributed by atoms with van der Waals surface area (Å²) in [6, 6.07) is 0. The van der Waals surface area contributed by atoms with Gasteiger partial charge in [0.15, 0.2) is 5.03 Å². The van der Waals surface area contributed by atoms with Crippen LogP contribution in [0.5, 0.6) is 0 Å². The zero-order valence-electron chi connectivity index (χ0n) is 9.78. The van der Waals surface area contributed by atoms with Gasteiger partial charge in [-0.3, -0.25) is 0 Å². The Morgan fingerprint density at radius 2 is 2.12 bits per heavy atom. The van der Waals surface area contributed by atoms with E-state index in [-0.39, 0.29) is 17.6 Å². The van der Waals surface area contributed by atoms with Gasteiger partial charge in [0.1, 0.15) is 0 Å². The van der Waals surface area contributed by atoms with Crippen molar-refractivity contribution in [3.05, 3.63) is 12.5 Å². The first kappa shape index (κ1) is 12.5. The molecule has 0 aliphatic carbocycles. The lowest BCUT2D eigenvalue weighted by Gasteiger charge is -2.29. The number of nitrogens with zero attached hydrogens (tertiary/aromatic N) is 3. The maximum absolute atomic E-state index is 12.2. The van der Waals surface area contributed by atoms with E-state index < -0.39 is 10.0 Å². The lowest BCUT2D eigenvalue weighted by molar-refractivity contribution is 0.170. The molecule has 1 aliphatic heterocycles. The summed E-state index contributed by atoms with van der Waals surface area (Å²) >= 11 is 0. The lowest BCUT2D eigenvalue weighted by atomic mass is 10.00. The van der Waals surface area contributed by atoms with Crippen molar-refractivity contribution in [1.82, 2.24) is 13.9 Å². The molecule has 0 atom stereocenters. The first-order valence-electron chi connectivity index (χ1n) is 5.63. The predicted molar refractivity (Wildman–Crippen MR) is 61.8 cm³/mol. The summed E-state index contributed by atoms with van der Waals surface area (Å²) in [4.78, 5) is 3.89. The molecule has 0 bridgehead atoms. The minimum Gasteiger partial charge on any atom is -0.396 e. The van der Waals surface area contributed by atoms with Crippen molar-refractivity contribution < 1.29 is 13.5 Å². The van der Waals surface area contributed by atoms with Crippen molar-refractivity contribution in [2.24, 2.45) is 13.0 Å². The van der Waals surface area contributed by atoms with Crippen LogP contribution in [0.3, 0.4) is 0 Å². The largest absolute Gasteiger partial charge is 0.396 e. The van der Waals surface area contributed by atoms with Crippen LogP contribution in [0.2, 0.25) is 0 Å². The Labute approximate surface area is 101 Å². The fourth-order valence-corrected chi connectivity index (χ4v) is 3.42. The maximum Gasteiger partial charge on any atom is 0.262 e. The van der Waals surface area contributed by atoms with Gasteiger partial charge in [-0.15, -0.1) is 0 Å². The van der Waals surface area contributed by atoms with Crippen LogP contribution in [0.4, 0.5) is 0 Å². The Bertz CT molecular complexity index is 475. The van der Waals surface area contributed by atoms with Crippen molar-refractivity contribution >= 4 is 10.0 Å². The third-order valence-electron chi connectivity index (χ3n) is 3.12. The SMILES string of the molecule is Cn1cnc(S(=O)(=O)N2CCC(CO)CC2)c1. The molecule has 0 radical (unpaired) electrons. The average molecular weight is 259 g/mol. The molecule has 0 spiro atoms. The van der Waals surface area contributed by atoms with Crippen molar-refractivity contribution in [2.45, 2.75) is 17.9 Å². The monoisotopic (exact) mass is 259 g/mol. The maximum atomic E-state index is 12.2. The van der Waals surface area contributed by atoms with Crippen molar-refractivity contribution in [3.63, 3.8) is 0 Å². The zero-order chi connectivity index (χ0) is 12.5. The highest BCUT2D eigenvalue weighted by atomic mass is 32.2. The van der Waals surface area contributed by atoms with Crippen LogP contribution in [-0.4, -0.2) is 47.1 Å². The smallest absolute Gasteiger partial charge is 0.262 e. The quantitative estimate of drug-likeness (QED) is 0.816. The van der Waals surface area contributed by atoms with Gasteiger partial charge in [0.05, 0.1) is 6.33 Å². The molecule has 0 unspecified atom stereocenters. The van der Waals surface area contributed by atoms with E-state index in [0.717, 1.165) is 0 Å². The number of aliphatic hydroxyl groups is 1. The van der Waals surface area contributed by atoms with Gasteiger partial charge in [0.25, 0.3) is 10.0 Å². The topological polar surface area (TPSA) is 75.4 Å². The number of piperidine rings is 1. The molecule has 6 nitrogen and oxygen atoms in total. The lowest BCUT2D eigenvalue weighted by Crippen LogP contribution is -2.39. The molecule has 96 valence electrons. The van der Waals surface area contributed by atoms with Crippen LogP contribution in [-0.2, 0) is 17.1 Å². The number of sulfonamides is 1. The molecule has 1 aromatic rings. The highest BCUT2D eigenvalue weighted by Crippen LogP contribution is 2.22. The molecule has 1 saturated heterocycles. The molecule has 1 N–H and O–H groups in total. The molecule has 0 aromatic carbocycles. The third-order valence-corrected chi connectivity index (χ3v) is 4.90. The molecular formula is C10H17N3O3S. The molecule has 1 aromatic heterocycles. The average Bonchev–Trinajstić information content (AvgIpc) is 2.77. The molecule has 7 heteroatoms. The van der Waals surface area contributed by atoms with Crippen molar-refractivity contribution in [2.75, 3.05) is 19.7 Å². The molecule has 1 fully saturated rings. The number of aliphatic hydroxyl groups excluding tert-OH is 1. The van der Waals surface area contributed by atoms with E-state index >= 15 is 0 Å². The Kier molecular flexibility index (Phi) is 3.50. The minimum atomic E-state index is -3.45. The molecule has 0 amide bonds. The van der Waals surface area contributed by atoms with Gasteiger partial charge in [-0.25, -0.2) is 13.4 Å². The van der Waals surface area contributed by atoms with E-state index in [0.29, 0.717) is 25.9 Å². The Hall–Kier alpha value is -0.920. The number of rotatable bonds is 3. The number of imidazole rings is 1. The van der Waals surface area contributed by atoms with Gasteiger partial charge in [0, 0.05) is 32.9 Å². The fourth-order valence-electron chi connectivity index (χ4n) is 1.99. The summed E-state index contributed by atoms with van der Waals surface area (Å²) in [5.74, 6) is 0.227. The second kappa shape index (κ2) is 4.75. The number of hydrogen-bond acceptors (Lipinski definition) is 4. The molecule has 17 heavy (non-hydrogen) atoms. The van der Waals surface area contributed by atoms with Crippen LogP contribution >= 0.6 is 0 Å². The van der Waals surface area contributed by atoms with Crippen molar-refractivity contribution in [1.29, 1.82) is 0 Å². The Morgan fingerprint density at radius 3 is 2.59 bits per heavy atom. The third kappa shape index (κ3) is 2.51. The second-order valence-corrected chi connectivity index (χ2v) is 6.29. The highest BCUT2D eigenvalue weighted by Gasteiger charge is 2.30. The zero-order valence-corrected chi connectivity index (χ0v) is 10.6. The van der Waals surface area contributed by atoms with Crippen molar-refractivity contribution in [3.8, 4) is 0 Å². The van der Waals surface area contributed by atoms with Gasteiger partial charge in [-0.2, -0.15) is 4.31 Å². The summed E-state index contributed by atoms with van der Waals surface area (Å²) in [7, 11) is -1.71. The van der Waals surface area contributed by atoms with Crippen LogP contribution in [0, 0.1) is 5.92 Å². The Morgan fingerprint density at radius 1 is 1.47 bits per heavy atom. The van der Waals surface area contributed by atoms with Crippen LogP contribution < -0.4 is 0 Å². The summed E-state index contributed by atoms with van der Waals surface area (Å²) in [6.45, 7) is 1.06. The second-order valence-electron chi connectivity index (χ2n) is 4.41.